The van der Waals surface area contributed by atoms with E-state index < -0.39 is 5.97 Å². The van der Waals surface area contributed by atoms with Gasteiger partial charge in [-0.25, -0.2) is 0 Å². The van der Waals surface area contributed by atoms with E-state index in [2.05, 4.69) is 21.1 Å². The van der Waals surface area contributed by atoms with E-state index in [1.165, 1.54) is 0 Å². The molecule has 0 saturated carbocycles. The van der Waals surface area contributed by atoms with Crippen molar-refractivity contribution in [1.29, 1.82) is 5.26 Å². The lowest BCUT2D eigenvalue weighted by molar-refractivity contribution is -0.138. The Morgan fingerprint density at radius 3 is 2.71 bits per heavy atom. The molecule has 8 nitrogen and oxygen atoms in total. The molecule has 35 heavy (non-hydrogen) atoms. The molecule has 1 N–H and O–H groups in total. The van der Waals surface area contributed by atoms with Gasteiger partial charge in [0.15, 0.2) is 0 Å². The highest BCUT2D eigenvalue weighted by Gasteiger charge is 2.22. The second-order valence-electron chi connectivity index (χ2n) is 9.04. The van der Waals surface area contributed by atoms with Gasteiger partial charge in [0.1, 0.15) is 11.8 Å². The molecular weight excluding hydrogens is 468 g/mol. The number of likely N-dealkylation sites (tertiary alicyclic amines) is 1. The molecule has 0 amide bonds. The van der Waals surface area contributed by atoms with Crippen molar-refractivity contribution in [2.45, 2.75) is 45.8 Å². The summed E-state index contributed by atoms with van der Waals surface area (Å²) in [5, 5.41) is 23.1. The third-order valence-electron chi connectivity index (χ3n) is 5.99. The van der Waals surface area contributed by atoms with Crippen molar-refractivity contribution in [3.63, 3.8) is 0 Å². The van der Waals surface area contributed by atoms with Crippen molar-refractivity contribution in [3.8, 4) is 34.7 Å². The molecule has 1 aliphatic rings. The van der Waals surface area contributed by atoms with Crippen LogP contribution >= 0.6 is 11.6 Å². The van der Waals surface area contributed by atoms with Gasteiger partial charge in [0, 0.05) is 24.1 Å². The lowest BCUT2D eigenvalue weighted by Gasteiger charge is -2.31. The first-order valence-electron chi connectivity index (χ1n) is 11.6. The molecule has 2 aromatic carbocycles. The van der Waals surface area contributed by atoms with E-state index in [-0.39, 0.29) is 24.3 Å². The molecule has 0 unspecified atom stereocenters. The van der Waals surface area contributed by atoms with Gasteiger partial charge in [0.25, 0.3) is 5.89 Å². The van der Waals surface area contributed by atoms with E-state index >= 15 is 0 Å². The number of aliphatic carboxylic acids is 1. The van der Waals surface area contributed by atoms with Crippen molar-refractivity contribution in [3.05, 3.63) is 52.5 Å². The van der Waals surface area contributed by atoms with Gasteiger partial charge in [0.05, 0.1) is 16.7 Å². The molecule has 0 spiro atoms. The number of rotatable bonds is 8. The van der Waals surface area contributed by atoms with Crippen molar-refractivity contribution < 1.29 is 19.2 Å². The van der Waals surface area contributed by atoms with Crippen molar-refractivity contribution in [2.75, 3.05) is 13.1 Å². The Balaban J connectivity index is 1.44. The minimum absolute atomic E-state index is 0.0446. The quantitative estimate of drug-likeness (QED) is 0.442. The molecule has 182 valence electrons. The van der Waals surface area contributed by atoms with Crippen LogP contribution in [0.3, 0.4) is 0 Å². The molecule has 9 heteroatoms. The second-order valence-corrected chi connectivity index (χ2v) is 9.45. The number of ether oxygens (including phenoxy) is 1. The summed E-state index contributed by atoms with van der Waals surface area (Å²) in [5.41, 5.74) is 2.74. The fraction of sp³-hybridized carbons (Fsp3) is 0.385. The zero-order valence-electron chi connectivity index (χ0n) is 19.7. The van der Waals surface area contributed by atoms with Gasteiger partial charge in [-0.1, -0.05) is 22.8 Å². The van der Waals surface area contributed by atoms with E-state index in [9.17, 15) is 10.1 Å². The number of benzene rings is 2. The number of hydrogen-bond donors (Lipinski definition) is 1. The molecule has 2 heterocycles. The van der Waals surface area contributed by atoms with E-state index in [4.69, 9.17) is 26.0 Å². The van der Waals surface area contributed by atoms with Gasteiger partial charge in [0.2, 0.25) is 5.82 Å². The number of hydrogen-bond acceptors (Lipinski definition) is 7. The molecule has 1 saturated heterocycles. The maximum absolute atomic E-state index is 10.9. The van der Waals surface area contributed by atoms with Crippen LogP contribution in [0.2, 0.25) is 5.02 Å². The van der Waals surface area contributed by atoms with E-state index in [1.54, 1.807) is 18.2 Å². The first-order chi connectivity index (χ1) is 16.8. The number of piperidine rings is 1. The van der Waals surface area contributed by atoms with Crippen LogP contribution in [0.4, 0.5) is 0 Å². The Bertz CT molecular complexity index is 1240. The van der Waals surface area contributed by atoms with Gasteiger partial charge >= 0.3 is 5.97 Å². The average molecular weight is 495 g/mol. The smallest absolute Gasteiger partial charge is 0.303 e. The maximum Gasteiger partial charge on any atom is 0.303 e. The summed E-state index contributed by atoms with van der Waals surface area (Å²) in [6.45, 7) is 6.30. The summed E-state index contributed by atoms with van der Waals surface area (Å²) in [4.78, 5) is 17.7. The van der Waals surface area contributed by atoms with Crippen LogP contribution in [-0.2, 0) is 11.3 Å². The van der Waals surface area contributed by atoms with Crippen LogP contribution < -0.4 is 4.74 Å². The summed E-state index contributed by atoms with van der Waals surface area (Å²) in [7, 11) is 0. The lowest BCUT2D eigenvalue weighted by Crippen LogP contribution is -2.33. The predicted molar refractivity (Wildman–Crippen MR) is 131 cm³/mol. The number of aromatic nitrogens is 2. The molecule has 3 aromatic rings. The second kappa shape index (κ2) is 10.9. The molecule has 4 rings (SSSR count). The molecule has 0 radical (unpaired) electrons. The summed E-state index contributed by atoms with van der Waals surface area (Å²) < 4.78 is 11.1. The molecule has 1 fully saturated rings. The Labute approximate surface area is 209 Å². The van der Waals surface area contributed by atoms with Gasteiger partial charge in [-0.3, -0.25) is 9.69 Å². The number of nitriles is 1. The highest BCUT2D eigenvalue weighted by atomic mass is 35.5. The molecular formula is C26H27ClN4O4. The normalized spacial score (nSPS) is 14.7. The minimum Gasteiger partial charge on any atom is -0.490 e. The fourth-order valence-corrected chi connectivity index (χ4v) is 4.54. The van der Waals surface area contributed by atoms with Gasteiger partial charge < -0.3 is 14.4 Å². The summed E-state index contributed by atoms with van der Waals surface area (Å²) in [6, 6.07) is 13.1. The number of nitrogens with zero attached hydrogens (tertiary/aromatic N) is 4. The monoisotopic (exact) mass is 494 g/mol. The van der Waals surface area contributed by atoms with Crippen molar-refractivity contribution in [1.82, 2.24) is 15.0 Å². The van der Waals surface area contributed by atoms with Crippen molar-refractivity contribution in [2.24, 2.45) is 5.92 Å². The highest BCUT2D eigenvalue weighted by Crippen LogP contribution is 2.31. The minimum atomic E-state index is -0.724. The number of halogens is 1. The van der Waals surface area contributed by atoms with E-state index in [1.807, 2.05) is 32.0 Å². The van der Waals surface area contributed by atoms with Gasteiger partial charge in [-0.15, -0.1) is 0 Å². The van der Waals surface area contributed by atoms with Crippen LogP contribution in [0.5, 0.6) is 5.75 Å². The van der Waals surface area contributed by atoms with Crippen LogP contribution in [0.15, 0.2) is 40.9 Å². The van der Waals surface area contributed by atoms with Gasteiger partial charge in [-0.05, 0) is 81.6 Å². The molecule has 1 aromatic heterocycles. The molecule has 0 atom stereocenters. The Kier molecular flexibility index (Phi) is 7.69. The number of carboxylic acids is 1. The van der Waals surface area contributed by atoms with Crippen molar-refractivity contribution >= 4 is 17.6 Å². The summed E-state index contributed by atoms with van der Waals surface area (Å²) in [6.07, 6.45) is 1.98. The first-order valence-corrected chi connectivity index (χ1v) is 12.0. The lowest BCUT2D eigenvalue weighted by atomic mass is 9.93. The first kappa shape index (κ1) is 24.7. The predicted octanol–water partition coefficient (Wildman–Crippen LogP) is 5.40. The molecule has 1 aliphatic heterocycles. The van der Waals surface area contributed by atoms with Crippen LogP contribution in [0, 0.1) is 17.2 Å². The number of carbonyl (C=O) groups is 1. The highest BCUT2D eigenvalue weighted by molar-refractivity contribution is 6.33. The number of carboxylic acid groups (broad SMARTS) is 1. The SMILES string of the molecule is CC(C)Oc1ccc(-c2nc(-c3ccc(CN4CCC(CC(=O)O)CC4)cc3Cl)no2)cc1C#N. The maximum atomic E-state index is 10.9. The van der Waals surface area contributed by atoms with Crippen LogP contribution in [-0.4, -0.2) is 45.3 Å². The molecule has 0 aliphatic carbocycles. The third kappa shape index (κ3) is 6.18. The van der Waals surface area contributed by atoms with E-state index in [0.717, 1.165) is 38.0 Å². The third-order valence-corrected chi connectivity index (χ3v) is 6.30. The Morgan fingerprint density at radius 1 is 1.29 bits per heavy atom. The summed E-state index contributed by atoms with van der Waals surface area (Å²) in [5.74, 6) is 0.697. The van der Waals surface area contributed by atoms with E-state index in [0.29, 0.717) is 33.3 Å². The Hall–Kier alpha value is -3.41. The Morgan fingerprint density at radius 2 is 2.06 bits per heavy atom. The molecule has 0 bridgehead atoms. The van der Waals surface area contributed by atoms with Gasteiger partial charge in [-0.2, -0.15) is 10.2 Å². The van der Waals surface area contributed by atoms with Crippen LogP contribution in [0.1, 0.15) is 44.2 Å². The fourth-order valence-electron chi connectivity index (χ4n) is 4.25. The zero-order chi connectivity index (χ0) is 24.9. The average Bonchev–Trinajstić information content (AvgIpc) is 3.30. The zero-order valence-corrected chi connectivity index (χ0v) is 20.5. The van der Waals surface area contributed by atoms with Crippen LogP contribution in [0.25, 0.3) is 22.8 Å². The largest absolute Gasteiger partial charge is 0.490 e. The summed E-state index contributed by atoms with van der Waals surface area (Å²) >= 11 is 6.57. The standard InChI is InChI=1S/C26H27ClN4O4/c1-16(2)34-23-6-4-19(13-20(23)14-28)26-29-25(30-35-26)21-5-3-18(11-22(21)27)15-31-9-7-17(8-10-31)12-24(32)33/h3-6,11,13,16-17H,7-10,12,15H2,1-2H3,(H,32,33). The topological polar surface area (TPSA) is 112 Å².